The van der Waals surface area contributed by atoms with E-state index in [1.165, 1.54) is 12.8 Å². The molecule has 0 unspecified atom stereocenters. The number of ketones is 2. The van der Waals surface area contributed by atoms with E-state index in [2.05, 4.69) is 27.7 Å². The van der Waals surface area contributed by atoms with Gasteiger partial charge in [0.25, 0.3) is 0 Å². The molecule has 4 saturated carbocycles. The van der Waals surface area contributed by atoms with Crippen molar-refractivity contribution in [2.45, 2.75) is 72.6 Å². The van der Waals surface area contributed by atoms with Crippen molar-refractivity contribution < 1.29 is 9.59 Å². The van der Waals surface area contributed by atoms with Crippen molar-refractivity contribution >= 4 is 11.6 Å². The molecule has 0 heterocycles. The van der Waals surface area contributed by atoms with Gasteiger partial charge in [0.05, 0.1) is 0 Å². The molecule has 2 heteroatoms. The number of fused-ring (bicyclic) bond motifs is 3. The molecule has 22 heavy (non-hydrogen) atoms. The SMILES string of the molecule is C[C@H]1C(=O)[C@@]23CC[C@@H]4C(C)(C)C(=O)CC[C@@]4(C)[C@@H]2CC[C@@H]1C3. The molecule has 0 aliphatic heterocycles. The molecule has 1 spiro atoms. The number of hydrogen-bond donors (Lipinski definition) is 0. The van der Waals surface area contributed by atoms with Crippen LogP contribution in [0.2, 0.25) is 0 Å². The minimum atomic E-state index is -0.196. The van der Waals surface area contributed by atoms with E-state index in [9.17, 15) is 9.59 Å². The molecule has 4 aliphatic rings. The molecule has 0 aromatic carbocycles. The maximum atomic E-state index is 13.1. The summed E-state index contributed by atoms with van der Waals surface area (Å²) in [6, 6.07) is 0. The van der Waals surface area contributed by atoms with Crippen LogP contribution in [-0.4, -0.2) is 11.6 Å². The van der Waals surface area contributed by atoms with E-state index in [1.807, 2.05) is 0 Å². The molecule has 0 aromatic heterocycles. The Morgan fingerprint density at radius 2 is 1.68 bits per heavy atom. The van der Waals surface area contributed by atoms with Gasteiger partial charge in [0.1, 0.15) is 11.6 Å². The zero-order valence-corrected chi connectivity index (χ0v) is 14.6. The van der Waals surface area contributed by atoms with Crippen LogP contribution in [-0.2, 0) is 9.59 Å². The van der Waals surface area contributed by atoms with Crippen LogP contribution in [0.1, 0.15) is 72.6 Å². The minimum Gasteiger partial charge on any atom is -0.299 e. The third-order valence-electron chi connectivity index (χ3n) is 8.68. The third-order valence-corrected chi connectivity index (χ3v) is 8.68. The zero-order chi connectivity index (χ0) is 15.9. The van der Waals surface area contributed by atoms with Crippen LogP contribution in [0.3, 0.4) is 0 Å². The van der Waals surface area contributed by atoms with Crippen LogP contribution in [0, 0.1) is 39.9 Å². The average Bonchev–Trinajstić information content (AvgIpc) is 2.65. The predicted octanol–water partition coefficient (Wildman–Crippen LogP) is 4.41. The molecular formula is C20H30O2. The summed E-state index contributed by atoms with van der Waals surface area (Å²) >= 11 is 0. The fraction of sp³-hybridized carbons (Fsp3) is 0.900. The second-order valence-corrected chi connectivity index (χ2v) is 9.65. The van der Waals surface area contributed by atoms with Crippen LogP contribution in [0.15, 0.2) is 0 Å². The van der Waals surface area contributed by atoms with E-state index in [0.717, 1.165) is 32.1 Å². The Balaban J connectivity index is 1.78. The first-order valence-corrected chi connectivity index (χ1v) is 9.31. The molecule has 0 aromatic rings. The Hall–Kier alpha value is -0.660. The molecule has 4 rings (SSSR count). The Kier molecular flexibility index (Phi) is 2.87. The van der Waals surface area contributed by atoms with E-state index in [4.69, 9.17) is 0 Å². The van der Waals surface area contributed by atoms with Crippen molar-refractivity contribution in [1.82, 2.24) is 0 Å². The van der Waals surface area contributed by atoms with Crippen molar-refractivity contribution in [3.63, 3.8) is 0 Å². The van der Waals surface area contributed by atoms with Gasteiger partial charge in [-0.1, -0.05) is 27.7 Å². The summed E-state index contributed by atoms with van der Waals surface area (Å²) in [5.74, 6) is 2.95. The molecule has 122 valence electrons. The second kappa shape index (κ2) is 4.24. The molecule has 0 N–H and O–H groups in total. The molecule has 0 radical (unpaired) electrons. The van der Waals surface area contributed by atoms with Crippen LogP contribution in [0.4, 0.5) is 0 Å². The lowest BCUT2D eigenvalue weighted by atomic mass is 9.41. The van der Waals surface area contributed by atoms with Gasteiger partial charge in [-0.25, -0.2) is 0 Å². The standard InChI is InChI=1S/C20H30O2/c1-12-13-5-6-15-19(4)9-8-16(21)18(2,3)14(19)7-10-20(15,11-13)17(12)22/h12-15H,5-11H2,1-4H3/t12-,13-,14-,15+,19-,20-/m1/s1. The number of hydrogen-bond acceptors (Lipinski definition) is 2. The maximum absolute atomic E-state index is 13.1. The van der Waals surface area contributed by atoms with E-state index >= 15 is 0 Å². The first-order valence-electron chi connectivity index (χ1n) is 9.31. The summed E-state index contributed by atoms with van der Waals surface area (Å²) < 4.78 is 0. The topological polar surface area (TPSA) is 34.1 Å². The highest BCUT2D eigenvalue weighted by atomic mass is 16.1. The molecule has 2 bridgehead atoms. The Labute approximate surface area is 134 Å². The van der Waals surface area contributed by atoms with Gasteiger partial charge in [-0.3, -0.25) is 9.59 Å². The van der Waals surface area contributed by atoms with Crippen LogP contribution < -0.4 is 0 Å². The predicted molar refractivity (Wildman–Crippen MR) is 86.3 cm³/mol. The lowest BCUT2D eigenvalue weighted by Crippen LogP contribution is -2.59. The van der Waals surface area contributed by atoms with Gasteiger partial charge < -0.3 is 0 Å². The second-order valence-electron chi connectivity index (χ2n) is 9.65. The van der Waals surface area contributed by atoms with Crippen molar-refractivity contribution in [1.29, 1.82) is 0 Å². The molecule has 0 amide bonds. The molecule has 0 saturated heterocycles. The summed E-state index contributed by atoms with van der Waals surface area (Å²) in [7, 11) is 0. The van der Waals surface area contributed by atoms with Gasteiger partial charge in [0.15, 0.2) is 0 Å². The minimum absolute atomic E-state index is 0.0238. The largest absolute Gasteiger partial charge is 0.299 e. The van der Waals surface area contributed by atoms with Crippen molar-refractivity contribution in [3.8, 4) is 0 Å². The lowest BCUT2D eigenvalue weighted by Gasteiger charge is -2.62. The number of rotatable bonds is 0. The fourth-order valence-electron chi connectivity index (χ4n) is 7.50. The van der Waals surface area contributed by atoms with Gasteiger partial charge >= 0.3 is 0 Å². The van der Waals surface area contributed by atoms with Gasteiger partial charge in [0.2, 0.25) is 0 Å². The first kappa shape index (κ1) is 14.9. The van der Waals surface area contributed by atoms with Crippen LogP contribution in [0.25, 0.3) is 0 Å². The molecular weight excluding hydrogens is 272 g/mol. The smallest absolute Gasteiger partial charge is 0.142 e. The average molecular weight is 302 g/mol. The van der Waals surface area contributed by atoms with Crippen LogP contribution >= 0.6 is 0 Å². The Morgan fingerprint density at radius 1 is 0.955 bits per heavy atom. The fourth-order valence-corrected chi connectivity index (χ4v) is 7.50. The molecule has 4 fully saturated rings. The van der Waals surface area contributed by atoms with Gasteiger partial charge in [-0.15, -0.1) is 0 Å². The summed E-state index contributed by atoms with van der Waals surface area (Å²) in [6.07, 6.45) is 7.46. The monoisotopic (exact) mass is 302 g/mol. The lowest BCUT2D eigenvalue weighted by molar-refractivity contribution is -0.169. The molecule has 4 aliphatic carbocycles. The van der Waals surface area contributed by atoms with E-state index in [1.54, 1.807) is 0 Å². The summed E-state index contributed by atoms with van der Waals surface area (Å²) in [5.41, 5.74) is -0.0247. The van der Waals surface area contributed by atoms with Crippen molar-refractivity contribution in [2.75, 3.05) is 0 Å². The van der Waals surface area contributed by atoms with Gasteiger partial charge in [0, 0.05) is 23.2 Å². The Morgan fingerprint density at radius 3 is 2.41 bits per heavy atom. The van der Waals surface area contributed by atoms with Crippen LogP contribution in [0.5, 0.6) is 0 Å². The summed E-state index contributed by atoms with van der Waals surface area (Å²) in [6.45, 7) is 8.93. The zero-order valence-electron chi connectivity index (χ0n) is 14.6. The summed E-state index contributed by atoms with van der Waals surface area (Å²) in [5, 5.41) is 0. The van der Waals surface area contributed by atoms with Gasteiger partial charge in [-0.05, 0) is 61.7 Å². The third kappa shape index (κ3) is 1.52. The number of carbonyl (C=O) groups is 2. The quantitative estimate of drug-likeness (QED) is 0.664. The molecule has 6 atom stereocenters. The first-order chi connectivity index (χ1) is 10.2. The highest BCUT2D eigenvalue weighted by Gasteiger charge is 2.67. The Bertz CT molecular complexity index is 548. The highest BCUT2D eigenvalue weighted by molar-refractivity contribution is 5.91. The summed E-state index contributed by atoms with van der Waals surface area (Å²) in [4.78, 5) is 25.6. The normalized spacial score (nSPS) is 53.1. The van der Waals surface area contributed by atoms with E-state index in [-0.39, 0.29) is 22.2 Å². The highest BCUT2D eigenvalue weighted by Crippen LogP contribution is 2.70. The number of Topliss-reactive ketones (excluding diaryl/α,β-unsaturated/α-hetero) is 2. The van der Waals surface area contributed by atoms with Crippen molar-refractivity contribution in [2.24, 2.45) is 39.9 Å². The van der Waals surface area contributed by atoms with E-state index < -0.39 is 0 Å². The van der Waals surface area contributed by atoms with E-state index in [0.29, 0.717) is 29.3 Å². The number of carbonyl (C=O) groups excluding carboxylic acids is 2. The maximum Gasteiger partial charge on any atom is 0.142 e. The van der Waals surface area contributed by atoms with Crippen molar-refractivity contribution in [3.05, 3.63) is 0 Å². The van der Waals surface area contributed by atoms with Gasteiger partial charge in [-0.2, -0.15) is 0 Å². The molecule has 2 nitrogen and oxygen atoms in total.